The van der Waals surface area contributed by atoms with Gasteiger partial charge in [0.25, 0.3) is 0 Å². The van der Waals surface area contributed by atoms with E-state index >= 15 is 0 Å². The molecular weight excluding hydrogens is 405 g/mol. The molecule has 1 fully saturated rings. The molecule has 1 saturated heterocycles. The van der Waals surface area contributed by atoms with Crippen molar-refractivity contribution in [1.29, 1.82) is 0 Å². The lowest BCUT2D eigenvalue weighted by Crippen LogP contribution is -2.47. The minimum Gasteiger partial charge on any atom is -0.465 e. The van der Waals surface area contributed by atoms with E-state index in [1.165, 1.54) is 4.90 Å². The van der Waals surface area contributed by atoms with E-state index in [1.807, 2.05) is 22.9 Å². The SMILES string of the molecule is O=C(O)N1CCOC(CNc2cc(-n3ccnc3)c3ccc(Cl)c(Cl)c3n2)C1. The topological polar surface area (TPSA) is 92.5 Å². The number of pyridine rings is 1. The predicted molar refractivity (Wildman–Crippen MR) is 107 cm³/mol. The van der Waals surface area contributed by atoms with E-state index in [9.17, 15) is 4.79 Å². The highest BCUT2D eigenvalue weighted by Crippen LogP contribution is 2.34. The molecule has 0 saturated carbocycles. The molecule has 0 spiro atoms. The summed E-state index contributed by atoms with van der Waals surface area (Å²) in [5, 5.41) is 14.0. The second-order valence-corrected chi connectivity index (χ2v) is 7.14. The Bertz CT molecular complexity index is 1010. The zero-order valence-corrected chi connectivity index (χ0v) is 16.2. The van der Waals surface area contributed by atoms with Gasteiger partial charge in [-0.2, -0.15) is 0 Å². The molecule has 1 aliphatic rings. The number of nitrogens with one attached hydrogen (secondary N) is 1. The number of imidazole rings is 1. The van der Waals surface area contributed by atoms with Crippen LogP contribution in [0.4, 0.5) is 10.6 Å². The van der Waals surface area contributed by atoms with Gasteiger partial charge in [-0.05, 0) is 12.1 Å². The number of halogens is 2. The molecule has 1 amide bonds. The largest absolute Gasteiger partial charge is 0.465 e. The quantitative estimate of drug-likeness (QED) is 0.669. The van der Waals surface area contributed by atoms with Crippen molar-refractivity contribution in [2.24, 2.45) is 0 Å². The molecule has 28 heavy (non-hydrogen) atoms. The smallest absolute Gasteiger partial charge is 0.407 e. The Kier molecular flexibility index (Phi) is 5.25. The first-order valence-corrected chi connectivity index (χ1v) is 9.39. The number of aromatic nitrogens is 3. The first kappa shape index (κ1) is 18.8. The van der Waals surface area contributed by atoms with Crippen LogP contribution >= 0.6 is 23.2 Å². The molecule has 1 aliphatic heterocycles. The number of carboxylic acid groups (broad SMARTS) is 1. The van der Waals surface area contributed by atoms with Gasteiger partial charge in [0.15, 0.2) is 0 Å². The van der Waals surface area contributed by atoms with Crippen LogP contribution in [0.3, 0.4) is 0 Å². The average molecular weight is 422 g/mol. The molecule has 1 aromatic carbocycles. The van der Waals surface area contributed by atoms with E-state index in [-0.39, 0.29) is 6.10 Å². The molecule has 4 rings (SSSR count). The van der Waals surface area contributed by atoms with E-state index in [2.05, 4.69) is 15.3 Å². The second kappa shape index (κ2) is 7.83. The molecule has 1 unspecified atom stereocenters. The number of rotatable bonds is 4. The number of fused-ring (bicyclic) bond motifs is 1. The summed E-state index contributed by atoms with van der Waals surface area (Å²) >= 11 is 12.6. The Morgan fingerprint density at radius 2 is 2.25 bits per heavy atom. The van der Waals surface area contributed by atoms with Crippen LogP contribution in [0.1, 0.15) is 0 Å². The number of anilines is 1. The monoisotopic (exact) mass is 421 g/mol. The highest BCUT2D eigenvalue weighted by molar-refractivity contribution is 6.45. The highest BCUT2D eigenvalue weighted by atomic mass is 35.5. The number of amides is 1. The minimum absolute atomic E-state index is 0.270. The maximum Gasteiger partial charge on any atom is 0.407 e. The van der Waals surface area contributed by atoms with Crippen molar-refractivity contribution < 1.29 is 14.6 Å². The zero-order chi connectivity index (χ0) is 19.7. The number of morpholine rings is 1. The van der Waals surface area contributed by atoms with Crippen LogP contribution in [-0.4, -0.2) is 63.0 Å². The molecule has 1 atom stereocenters. The molecule has 8 nitrogen and oxygen atoms in total. The maximum absolute atomic E-state index is 11.2. The fourth-order valence-electron chi connectivity index (χ4n) is 3.16. The van der Waals surface area contributed by atoms with Crippen molar-refractivity contribution in [2.45, 2.75) is 6.10 Å². The average Bonchev–Trinajstić information content (AvgIpc) is 3.24. The first-order valence-electron chi connectivity index (χ1n) is 8.63. The Morgan fingerprint density at radius 1 is 1.39 bits per heavy atom. The molecule has 3 heterocycles. The third kappa shape index (κ3) is 3.71. The van der Waals surface area contributed by atoms with Crippen molar-refractivity contribution in [3.8, 4) is 5.69 Å². The van der Waals surface area contributed by atoms with E-state index in [0.29, 0.717) is 47.6 Å². The molecular formula is C18H17Cl2N5O3. The summed E-state index contributed by atoms with van der Waals surface area (Å²) in [6.07, 6.45) is 3.99. The summed E-state index contributed by atoms with van der Waals surface area (Å²) in [5.41, 5.74) is 1.42. The summed E-state index contributed by atoms with van der Waals surface area (Å²) < 4.78 is 7.52. The van der Waals surface area contributed by atoms with Crippen LogP contribution in [0.15, 0.2) is 36.9 Å². The predicted octanol–water partition coefficient (Wildman–Crippen LogP) is 3.52. The van der Waals surface area contributed by atoms with E-state index < -0.39 is 6.09 Å². The van der Waals surface area contributed by atoms with Crippen molar-refractivity contribution >= 4 is 46.0 Å². The van der Waals surface area contributed by atoms with Gasteiger partial charge in [-0.15, -0.1) is 0 Å². The molecule has 0 radical (unpaired) electrons. The fraction of sp³-hybridized carbons (Fsp3) is 0.278. The molecule has 2 aromatic heterocycles. The summed E-state index contributed by atoms with van der Waals surface area (Å²) in [6.45, 7) is 1.45. The number of nitrogens with zero attached hydrogens (tertiary/aromatic N) is 4. The van der Waals surface area contributed by atoms with Gasteiger partial charge in [0.05, 0.1) is 46.8 Å². The number of carbonyl (C=O) groups is 1. The molecule has 2 N–H and O–H groups in total. The Balaban J connectivity index is 1.64. The van der Waals surface area contributed by atoms with Crippen molar-refractivity contribution in [3.63, 3.8) is 0 Å². The molecule has 0 bridgehead atoms. The third-order valence-electron chi connectivity index (χ3n) is 4.55. The Labute approximate surface area is 170 Å². The number of benzene rings is 1. The summed E-state index contributed by atoms with van der Waals surface area (Å²) in [7, 11) is 0. The molecule has 0 aliphatic carbocycles. The normalized spacial score (nSPS) is 17.1. The summed E-state index contributed by atoms with van der Waals surface area (Å²) in [5.74, 6) is 0.580. The summed E-state index contributed by atoms with van der Waals surface area (Å²) in [4.78, 5) is 21.2. The second-order valence-electron chi connectivity index (χ2n) is 6.36. The van der Waals surface area contributed by atoms with Gasteiger partial charge < -0.3 is 24.6 Å². The van der Waals surface area contributed by atoms with Crippen LogP contribution in [0.25, 0.3) is 16.6 Å². The minimum atomic E-state index is -0.944. The van der Waals surface area contributed by atoms with Gasteiger partial charge >= 0.3 is 6.09 Å². The lowest BCUT2D eigenvalue weighted by molar-refractivity contribution is -0.0147. The van der Waals surface area contributed by atoms with Gasteiger partial charge in [0, 0.05) is 36.9 Å². The lowest BCUT2D eigenvalue weighted by Gasteiger charge is -2.31. The van der Waals surface area contributed by atoms with Crippen LogP contribution < -0.4 is 5.32 Å². The highest BCUT2D eigenvalue weighted by Gasteiger charge is 2.24. The Hall–Kier alpha value is -2.55. The van der Waals surface area contributed by atoms with Crippen LogP contribution in [0.5, 0.6) is 0 Å². The first-order chi connectivity index (χ1) is 13.5. The van der Waals surface area contributed by atoms with Gasteiger partial charge in [-0.1, -0.05) is 23.2 Å². The van der Waals surface area contributed by atoms with Gasteiger partial charge in [-0.25, -0.2) is 14.8 Å². The number of hydrogen-bond donors (Lipinski definition) is 2. The summed E-state index contributed by atoms with van der Waals surface area (Å²) in [6, 6.07) is 5.48. The Morgan fingerprint density at radius 3 is 3.00 bits per heavy atom. The van der Waals surface area contributed by atoms with Crippen LogP contribution in [0.2, 0.25) is 10.0 Å². The number of ether oxygens (including phenoxy) is 1. The third-order valence-corrected chi connectivity index (χ3v) is 5.35. The van der Waals surface area contributed by atoms with Crippen LogP contribution in [-0.2, 0) is 4.74 Å². The molecule has 146 valence electrons. The lowest BCUT2D eigenvalue weighted by atomic mass is 10.1. The van der Waals surface area contributed by atoms with Crippen molar-refractivity contribution in [1.82, 2.24) is 19.4 Å². The van der Waals surface area contributed by atoms with Crippen LogP contribution in [0, 0.1) is 0 Å². The zero-order valence-electron chi connectivity index (χ0n) is 14.7. The van der Waals surface area contributed by atoms with Gasteiger partial charge in [0.2, 0.25) is 0 Å². The number of hydrogen-bond acceptors (Lipinski definition) is 5. The van der Waals surface area contributed by atoms with Gasteiger partial charge in [-0.3, -0.25) is 0 Å². The van der Waals surface area contributed by atoms with E-state index in [0.717, 1.165) is 11.1 Å². The van der Waals surface area contributed by atoms with Gasteiger partial charge in [0.1, 0.15) is 5.82 Å². The van der Waals surface area contributed by atoms with Crippen molar-refractivity contribution in [2.75, 3.05) is 31.6 Å². The molecule has 10 heteroatoms. The van der Waals surface area contributed by atoms with E-state index in [4.69, 9.17) is 33.0 Å². The van der Waals surface area contributed by atoms with Crippen molar-refractivity contribution in [3.05, 3.63) is 47.0 Å². The fourth-order valence-corrected chi connectivity index (χ4v) is 3.52. The van der Waals surface area contributed by atoms with E-state index in [1.54, 1.807) is 18.6 Å². The standard InChI is InChI=1S/C18H17Cl2N5O3/c19-13-2-1-12-14(25-4-3-21-10-25)7-15(23-17(12)16(13)20)22-8-11-9-24(18(26)27)5-6-28-11/h1-4,7,10-11H,5-6,8-9H2,(H,22,23)(H,26,27). The maximum atomic E-state index is 11.2. The molecule has 3 aromatic rings.